The average molecular weight is 1800 g/mol. The van der Waals surface area contributed by atoms with E-state index in [1.807, 2.05) is 60.6 Å². The van der Waals surface area contributed by atoms with Crippen LogP contribution in [0.25, 0.3) is 64.6 Å². The molecule has 0 fully saturated rings. The maximum Gasteiger partial charge on any atom is 0.343 e. The molecule has 7 N–H and O–H groups in total. The van der Waals surface area contributed by atoms with E-state index in [2.05, 4.69) is 25.7 Å². The fourth-order valence-electron chi connectivity index (χ4n) is 14.8. The first-order valence-corrected chi connectivity index (χ1v) is 40.9. The van der Waals surface area contributed by atoms with Crippen molar-refractivity contribution in [1.82, 2.24) is 38.8 Å². The molecule has 0 aliphatic carbocycles. The van der Waals surface area contributed by atoms with E-state index in [4.69, 9.17) is 22.1 Å². The zero-order chi connectivity index (χ0) is 96.3. The number of hydrogen-bond acceptors (Lipinski definition) is 23. The summed E-state index contributed by atoms with van der Waals surface area (Å²) in [4.78, 5) is 189. The van der Waals surface area contributed by atoms with Gasteiger partial charge in [-0.15, -0.1) is 0 Å². The van der Waals surface area contributed by atoms with Crippen LogP contribution in [0.3, 0.4) is 0 Å². The second kappa shape index (κ2) is 44.0. The van der Waals surface area contributed by atoms with Crippen molar-refractivity contribution in [1.29, 1.82) is 0 Å². The lowest BCUT2D eigenvalue weighted by atomic mass is 10.00. The third-order valence-corrected chi connectivity index (χ3v) is 21.5. The number of nitrogens with one attached hydrogen (secondary N) is 4. The molecular weight excluding hydrogens is 1700 g/mol. The van der Waals surface area contributed by atoms with Crippen molar-refractivity contribution < 1.29 is 62.7 Å². The normalized spacial score (nSPS) is 12.4. The van der Waals surface area contributed by atoms with E-state index in [1.165, 1.54) is 148 Å². The number of nitrogens with zero attached hydrogens (tertiary/aromatic N) is 9. The predicted molar refractivity (Wildman–Crippen MR) is 494 cm³/mol. The number of fused-ring (bicyclic) bond motifs is 6. The van der Waals surface area contributed by atoms with Gasteiger partial charge in [-0.05, 0) is 139 Å². The molecule has 37 nitrogen and oxygen atoms in total. The maximum absolute atomic E-state index is 13.2. The molecule has 6 aromatic heterocycles. The van der Waals surface area contributed by atoms with Gasteiger partial charge in [0.15, 0.2) is 0 Å². The lowest BCUT2D eigenvalue weighted by molar-refractivity contribution is -0.383. The number of methoxy groups -OCH3 is 1. The summed E-state index contributed by atoms with van der Waals surface area (Å²) in [6, 6.07) is 40.4. The molecule has 0 aliphatic heterocycles. The molecule has 0 spiro atoms. The van der Waals surface area contributed by atoms with Gasteiger partial charge in [-0.2, -0.15) is 0 Å². The quantitative estimate of drug-likeness (QED) is 0.0159. The molecule has 0 saturated carbocycles. The molecule has 6 heterocycles. The number of rotatable bonds is 22. The summed E-state index contributed by atoms with van der Waals surface area (Å²) in [5, 5.41) is 68.3. The largest absolute Gasteiger partial charge is 0.480 e. The van der Waals surface area contributed by atoms with Crippen LogP contribution >= 0.6 is 11.6 Å². The molecule has 6 atom stereocenters. The van der Waals surface area contributed by atoms with Gasteiger partial charge in [-0.25, -0.2) is 14.4 Å². The van der Waals surface area contributed by atoms with Gasteiger partial charge in [-0.3, -0.25) is 83.6 Å². The van der Waals surface area contributed by atoms with Gasteiger partial charge < -0.3 is 64.1 Å². The van der Waals surface area contributed by atoms with Crippen LogP contribution in [-0.4, -0.2) is 111 Å². The minimum absolute atomic E-state index is 0.00570. The standard InChI is InChI=1S/C24H26ClN3O3.C15H17N3O4.C15H19N3O2.C15H16N2O5.C14H14N2O5.C9H5NO4/c1-14(2)21(23(30)26-4)28-13-12-18-19(24(28)31)6-5-7-20(18)27-22(29)15(3)16-8-10-17(25)11-9-16;1-9(2)13(14(19)16-3)17-8-7-10-11(15(17)20)5-4-6-12(10)18(21)22;1-9(2)13(14(19)17-3)18-8-7-10-11(15(18)20)5-4-6-12(10)16;1-9(2)13(15(19)22-3)16-8-7-10-11(14(16)18)5-4-6-12(10)17(20)21;1-8(2)12(14(18)19)15-7-6-9-10(13(15)17)4-3-5-11(9)16(20)21;11-9-7-2-1-3-8(10(12)13)6(7)4-5-14-9/h5-15,21H,1-4H3,(H,26,30)(H,27,29);4-9,13H,1-3H3,(H,16,19);4-9,13H,16H2,1-3H3,(H,17,19);4-9,13H,1-3H3;3-8,12H,1-2H3,(H,18,19);1-5H/t15-,21+;3*13-;12-;/m01111./s1. The Labute approximate surface area is 745 Å². The van der Waals surface area contributed by atoms with Crippen molar-refractivity contribution >= 4 is 146 Å². The maximum atomic E-state index is 13.2. The van der Waals surface area contributed by atoms with Crippen molar-refractivity contribution in [2.75, 3.05) is 39.3 Å². The highest BCUT2D eigenvalue weighted by atomic mass is 35.5. The highest BCUT2D eigenvalue weighted by Crippen LogP contribution is 2.32. The van der Waals surface area contributed by atoms with Gasteiger partial charge >= 0.3 is 17.6 Å². The SMILES string of the molecule is CC(C)[C@H](C(=O)O)n1ccc2c([N+](=O)[O-])cccc2c1=O.CNC(=O)[C@@H](C(C)C)n1ccc2c(N)cccc2c1=O.CNC(=O)[C@@H](C(C)C)n1ccc2c(NC(=O)[C@@H](C)c3ccc(Cl)cc3)cccc2c1=O.CNC(=O)[C@@H](C(C)C)n1ccc2c([N+](=O)[O-])cccc2c1=O.COC(=O)[C@@H](C(C)C)n1ccc2c([N+](=O)[O-])cccc2c1=O.O=c1occc2c([N+](=O)[O-])cccc12. The number of carboxylic acid groups (broad SMARTS) is 1. The monoisotopic (exact) mass is 1800 g/mol. The number of benzene rings is 7. The van der Waals surface area contributed by atoms with E-state index in [1.54, 1.807) is 115 Å². The number of aliphatic carboxylic acids is 1. The summed E-state index contributed by atoms with van der Waals surface area (Å²) < 4.78 is 16.0. The Balaban J connectivity index is 0.000000195. The topological polar surface area (TPSA) is 519 Å². The van der Waals surface area contributed by atoms with Gasteiger partial charge in [0.05, 0.1) is 82.1 Å². The number of non-ortho nitro benzene ring substituents is 4. The number of esters is 1. The second-order valence-electron chi connectivity index (χ2n) is 31.3. The van der Waals surface area contributed by atoms with E-state index < -0.39 is 90.1 Å². The second-order valence-corrected chi connectivity index (χ2v) is 31.8. The Kier molecular flexibility index (Phi) is 33.7. The number of amides is 4. The molecule has 0 saturated heterocycles. The number of nitrogen functional groups attached to an aromatic ring is 1. The number of likely N-dealkylation sites (N-methyl/N-ethyl adjacent to an activating group) is 3. The molecule has 0 unspecified atom stereocenters. The summed E-state index contributed by atoms with van der Waals surface area (Å²) in [6.07, 6.45) is 8.55. The first-order chi connectivity index (χ1) is 61.5. The Bertz CT molecular complexity index is 6760. The molecule has 0 bridgehead atoms. The Morgan fingerprint density at radius 3 is 1.00 bits per heavy atom. The molecular formula is C92H97ClN14O23. The number of anilines is 2. The molecule has 38 heteroatoms. The fourth-order valence-corrected chi connectivity index (χ4v) is 14.9. The van der Waals surface area contributed by atoms with E-state index >= 15 is 0 Å². The molecule has 0 radical (unpaired) electrons. The number of carboxylic acids is 1. The Morgan fingerprint density at radius 2 is 0.669 bits per heavy atom. The van der Waals surface area contributed by atoms with E-state index in [9.17, 15) is 103 Å². The Hall–Kier alpha value is -15.7. The average Bonchev–Trinajstić information content (AvgIpc) is 0.806. The van der Waals surface area contributed by atoms with Gasteiger partial charge in [0, 0.05) is 114 Å². The van der Waals surface area contributed by atoms with Gasteiger partial charge in [0.25, 0.3) is 50.5 Å². The highest BCUT2D eigenvalue weighted by molar-refractivity contribution is 6.30. The lowest BCUT2D eigenvalue weighted by Crippen LogP contribution is -2.38. The van der Waals surface area contributed by atoms with Crippen LogP contribution < -0.4 is 60.4 Å². The van der Waals surface area contributed by atoms with Crippen LogP contribution in [0.1, 0.15) is 118 Å². The summed E-state index contributed by atoms with van der Waals surface area (Å²) in [7, 11) is 5.89. The van der Waals surface area contributed by atoms with E-state index in [0.717, 1.165) is 16.4 Å². The summed E-state index contributed by atoms with van der Waals surface area (Å²) in [6.45, 7) is 20.1. The number of hydrogen-bond donors (Lipinski definition) is 6. The first-order valence-electron chi connectivity index (χ1n) is 40.6. The minimum Gasteiger partial charge on any atom is -0.480 e. The van der Waals surface area contributed by atoms with Gasteiger partial charge in [-0.1, -0.05) is 129 Å². The summed E-state index contributed by atoms with van der Waals surface area (Å²) in [5.74, 6) is -3.53. The molecule has 7 aromatic carbocycles. The van der Waals surface area contributed by atoms with Gasteiger partial charge in [0.2, 0.25) is 23.6 Å². The number of nitro groups is 4. The molecule has 130 heavy (non-hydrogen) atoms. The van der Waals surface area contributed by atoms with Gasteiger partial charge in [0.1, 0.15) is 30.2 Å². The van der Waals surface area contributed by atoms with Crippen molar-refractivity contribution in [3.05, 3.63) is 320 Å². The zero-order valence-corrected chi connectivity index (χ0v) is 74.1. The number of ether oxygens (including phenoxy) is 1. The Morgan fingerprint density at radius 1 is 0.377 bits per heavy atom. The van der Waals surface area contributed by atoms with Crippen molar-refractivity contribution in [3.8, 4) is 0 Å². The number of carbonyl (C=O) groups excluding carboxylic acids is 5. The van der Waals surface area contributed by atoms with Crippen LogP contribution in [0, 0.1) is 70.0 Å². The first kappa shape index (κ1) is 99.7. The molecule has 0 aliphatic rings. The number of pyridine rings is 5. The number of carbonyl (C=O) groups is 6. The lowest BCUT2D eigenvalue weighted by Gasteiger charge is -2.22. The van der Waals surface area contributed by atoms with Crippen molar-refractivity contribution in [2.24, 2.45) is 29.6 Å². The van der Waals surface area contributed by atoms with Crippen LogP contribution in [0.5, 0.6) is 0 Å². The summed E-state index contributed by atoms with van der Waals surface area (Å²) >= 11 is 5.93. The third kappa shape index (κ3) is 22.4. The van der Waals surface area contributed by atoms with Crippen LogP contribution in [0.15, 0.2) is 240 Å². The molecule has 13 rings (SSSR count). The smallest absolute Gasteiger partial charge is 0.343 e. The number of nitro benzene ring substituents is 4. The van der Waals surface area contributed by atoms with Crippen molar-refractivity contribution in [2.45, 2.75) is 112 Å². The third-order valence-electron chi connectivity index (χ3n) is 21.2. The molecule has 13 aromatic rings. The van der Waals surface area contributed by atoms with E-state index in [0.29, 0.717) is 43.3 Å². The fraction of sp³-hybridized carbons (Fsp3) is 0.283. The highest BCUT2D eigenvalue weighted by Gasteiger charge is 2.32. The summed E-state index contributed by atoms with van der Waals surface area (Å²) in [5.41, 5.74) is 4.86. The number of nitrogens with two attached hydrogens (primary N) is 1. The zero-order valence-electron chi connectivity index (χ0n) is 73.4. The minimum atomic E-state index is -1.11. The van der Waals surface area contributed by atoms with E-state index in [-0.39, 0.29) is 125 Å². The van der Waals surface area contributed by atoms with Crippen LogP contribution in [0.4, 0.5) is 34.1 Å². The number of aromatic nitrogens is 5. The molecule has 680 valence electrons. The number of halogens is 1. The van der Waals surface area contributed by atoms with Crippen LogP contribution in [-0.2, 0) is 33.5 Å². The van der Waals surface area contributed by atoms with Crippen molar-refractivity contribution in [3.63, 3.8) is 0 Å². The predicted octanol–water partition coefficient (Wildman–Crippen LogP) is 13.9. The molecule has 4 amide bonds. The van der Waals surface area contributed by atoms with Crippen LogP contribution in [0.2, 0.25) is 5.02 Å².